The molecule has 0 saturated carbocycles. The van der Waals surface area contributed by atoms with Crippen LogP contribution in [0.4, 0.5) is 21.6 Å². The normalized spacial score (nSPS) is 14.0. The molecule has 3 aromatic rings. The second-order valence-corrected chi connectivity index (χ2v) is 5.36. The molecular weight excluding hydrogens is 343 g/mol. The fourth-order valence-corrected chi connectivity index (χ4v) is 2.53. The Hall–Kier alpha value is -3.80. The van der Waals surface area contributed by atoms with Gasteiger partial charge in [0.05, 0.1) is 30.0 Å². The number of hydrazine groups is 2. The highest BCUT2D eigenvalue weighted by molar-refractivity contribution is 6.12. The van der Waals surface area contributed by atoms with E-state index in [0.29, 0.717) is 11.4 Å². The molecule has 0 spiro atoms. The Balaban J connectivity index is 1.70. The van der Waals surface area contributed by atoms with Gasteiger partial charge in [0.25, 0.3) is 5.91 Å². The molecule has 0 fully saturated rings. The molecule has 3 aromatic heterocycles. The van der Waals surface area contributed by atoms with E-state index in [-0.39, 0.29) is 17.0 Å². The van der Waals surface area contributed by atoms with E-state index in [4.69, 9.17) is 5.73 Å². The van der Waals surface area contributed by atoms with Gasteiger partial charge in [0.1, 0.15) is 11.9 Å². The number of halogens is 1. The number of hydrazone groups is 1. The molecule has 0 saturated heterocycles. The third kappa shape index (κ3) is 2.53. The van der Waals surface area contributed by atoms with Crippen LogP contribution in [0.15, 0.2) is 36.0 Å². The SMILES string of the molecule is CN1NN=CN1c1ccncc1NC(=O)c1c(N)nn2cc(F)cnc12. The first-order valence-electron chi connectivity index (χ1n) is 7.41. The number of hydrogen-bond acceptors (Lipinski definition) is 9. The van der Waals surface area contributed by atoms with Crippen LogP contribution in [0.3, 0.4) is 0 Å². The molecule has 1 aliphatic heterocycles. The number of nitrogens with two attached hydrogens (primary N) is 1. The fourth-order valence-electron chi connectivity index (χ4n) is 2.53. The average Bonchev–Trinajstić information content (AvgIpc) is 3.17. The lowest BCUT2D eigenvalue weighted by Crippen LogP contribution is -2.40. The molecule has 4 rings (SSSR count). The van der Waals surface area contributed by atoms with E-state index < -0.39 is 11.7 Å². The Morgan fingerprint density at radius 3 is 3.00 bits per heavy atom. The van der Waals surface area contributed by atoms with Crippen LogP contribution in [0, 0.1) is 5.82 Å². The number of carbonyl (C=O) groups is 1. The van der Waals surface area contributed by atoms with E-state index in [1.54, 1.807) is 35.8 Å². The lowest BCUT2D eigenvalue weighted by molar-refractivity contribution is 0.102. The molecule has 11 nitrogen and oxygen atoms in total. The second kappa shape index (κ2) is 5.93. The van der Waals surface area contributed by atoms with Crippen LogP contribution in [-0.4, -0.2) is 44.0 Å². The first kappa shape index (κ1) is 15.7. The topological polar surface area (TPSA) is 129 Å². The van der Waals surface area contributed by atoms with Gasteiger partial charge in [-0.1, -0.05) is 0 Å². The number of pyridine rings is 1. The van der Waals surface area contributed by atoms with Crippen LogP contribution in [0.2, 0.25) is 0 Å². The van der Waals surface area contributed by atoms with Crippen molar-refractivity contribution in [1.29, 1.82) is 0 Å². The zero-order valence-electron chi connectivity index (χ0n) is 13.5. The van der Waals surface area contributed by atoms with Crippen molar-refractivity contribution in [3.63, 3.8) is 0 Å². The summed E-state index contributed by atoms with van der Waals surface area (Å²) >= 11 is 0. The summed E-state index contributed by atoms with van der Waals surface area (Å²) in [4.78, 5) is 20.7. The zero-order chi connectivity index (χ0) is 18.3. The van der Waals surface area contributed by atoms with E-state index >= 15 is 0 Å². The number of rotatable bonds is 3. The third-order valence-corrected chi connectivity index (χ3v) is 3.68. The standard InChI is InChI=1S/C14H13FN10O/c1-23-22-19-7-25(23)10-2-3-17-5-9(10)20-14(26)11-12(16)21-24-6-8(15)4-18-13(11)24/h2-7,22H,1H3,(H2,16,21)(H,20,26). The summed E-state index contributed by atoms with van der Waals surface area (Å²) < 4.78 is 14.4. The predicted molar refractivity (Wildman–Crippen MR) is 91.4 cm³/mol. The minimum absolute atomic E-state index is 0.0429. The molecule has 0 radical (unpaired) electrons. The minimum Gasteiger partial charge on any atom is -0.381 e. The second-order valence-electron chi connectivity index (χ2n) is 5.36. The predicted octanol–water partition coefficient (Wildman–Crippen LogP) is 0.213. The summed E-state index contributed by atoms with van der Waals surface area (Å²) in [6.45, 7) is 0. The summed E-state index contributed by atoms with van der Waals surface area (Å²) in [5.74, 6) is -1.20. The smallest absolute Gasteiger partial charge is 0.263 e. The van der Waals surface area contributed by atoms with Crippen molar-refractivity contribution in [3.05, 3.63) is 42.2 Å². The van der Waals surface area contributed by atoms with Crippen molar-refractivity contribution >= 4 is 35.1 Å². The van der Waals surface area contributed by atoms with Crippen LogP contribution in [0.1, 0.15) is 10.4 Å². The number of aromatic nitrogens is 4. The highest BCUT2D eigenvalue weighted by Crippen LogP contribution is 2.27. The maximum Gasteiger partial charge on any atom is 0.263 e. The van der Waals surface area contributed by atoms with Crippen LogP contribution < -0.4 is 21.6 Å². The Bertz CT molecular complexity index is 1030. The summed E-state index contributed by atoms with van der Waals surface area (Å²) in [5.41, 5.74) is 9.78. The molecular formula is C14H13FN10O. The van der Waals surface area contributed by atoms with E-state index in [9.17, 15) is 9.18 Å². The number of anilines is 3. The van der Waals surface area contributed by atoms with E-state index in [1.807, 2.05) is 0 Å². The lowest BCUT2D eigenvalue weighted by atomic mass is 10.2. The number of nitrogens with zero attached hydrogens (tertiary/aromatic N) is 7. The maximum atomic E-state index is 13.3. The van der Waals surface area contributed by atoms with Gasteiger partial charge >= 0.3 is 0 Å². The molecule has 4 heterocycles. The number of nitrogen functional groups attached to an aromatic ring is 1. The van der Waals surface area contributed by atoms with Crippen LogP contribution in [-0.2, 0) is 0 Å². The van der Waals surface area contributed by atoms with Crippen molar-refractivity contribution in [2.75, 3.05) is 23.1 Å². The molecule has 0 atom stereocenters. The van der Waals surface area contributed by atoms with Gasteiger partial charge in [-0.2, -0.15) is 5.10 Å². The van der Waals surface area contributed by atoms with Crippen molar-refractivity contribution in [1.82, 2.24) is 30.2 Å². The Morgan fingerprint density at radius 1 is 1.38 bits per heavy atom. The van der Waals surface area contributed by atoms with Gasteiger partial charge in [0.2, 0.25) is 0 Å². The molecule has 0 bridgehead atoms. The lowest BCUT2D eigenvalue weighted by Gasteiger charge is -2.24. The fraction of sp³-hybridized carbons (Fsp3) is 0.0714. The minimum atomic E-state index is -0.592. The summed E-state index contributed by atoms with van der Waals surface area (Å²) in [6.07, 6.45) is 6.69. The average molecular weight is 356 g/mol. The van der Waals surface area contributed by atoms with Gasteiger partial charge in [0.15, 0.2) is 17.3 Å². The van der Waals surface area contributed by atoms with Gasteiger partial charge in [-0.05, 0) is 6.07 Å². The third-order valence-electron chi connectivity index (χ3n) is 3.68. The number of nitrogens with one attached hydrogen (secondary N) is 2. The summed E-state index contributed by atoms with van der Waals surface area (Å²) in [6, 6.07) is 1.71. The molecule has 1 aliphatic rings. The molecule has 4 N–H and O–H groups in total. The van der Waals surface area contributed by atoms with Gasteiger partial charge in [-0.25, -0.2) is 24.4 Å². The number of amides is 1. The number of carbonyl (C=O) groups excluding carboxylic acids is 1. The summed E-state index contributed by atoms with van der Waals surface area (Å²) in [5, 5.41) is 13.8. The van der Waals surface area contributed by atoms with E-state index in [1.165, 1.54) is 6.20 Å². The van der Waals surface area contributed by atoms with E-state index in [0.717, 1.165) is 16.9 Å². The van der Waals surface area contributed by atoms with Crippen LogP contribution in [0.25, 0.3) is 5.65 Å². The summed E-state index contributed by atoms with van der Waals surface area (Å²) in [7, 11) is 1.75. The first-order chi connectivity index (χ1) is 12.5. The molecule has 1 amide bonds. The molecule has 12 heteroatoms. The maximum absolute atomic E-state index is 13.3. The van der Waals surface area contributed by atoms with Crippen molar-refractivity contribution < 1.29 is 9.18 Å². The van der Waals surface area contributed by atoms with Crippen molar-refractivity contribution in [2.24, 2.45) is 5.10 Å². The first-order valence-corrected chi connectivity index (χ1v) is 7.41. The Kier molecular flexibility index (Phi) is 3.58. The van der Waals surface area contributed by atoms with Gasteiger partial charge < -0.3 is 11.1 Å². The highest BCUT2D eigenvalue weighted by Gasteiger charge is 2.23. The molecule has 0 unspecified atom stereocenters. The largest absolute Gasteiger partial charge is 0.381 e. The van der Waals surface area contributed by atoms with Gasteiger partial charge in [0, 0.05) is 13.2 Å². The number of hydrogen-bond donors (Lipinski definition) is 3. The van der Waals surface area contributed by atoms with Crippen LogP contribution >= 0.6 is 0 Å². The number of fused-ring (bicyclic) bond motifs is 1. The van der Waals surface area contributed by atoms with Crippen LogP contribution in [0.5, 0.6) is 0 Å². The highest BCUT2D eigenvalue weighted by atomic mass is 19.1. The molecule has 132 valence electrons. The molecule has 0 aliphatic carbocycles. The van der Waals surface area contributed by atoms with Crippen molar-refractivity contribution in [3.8, 4) is 0 Å². The van der Waals surface area contributed by atoms with Gasteiger partial charge in [-0.15, -0.1) is 10.2 Å². The zero-order valence-corrected chi connectivity index (χ0v) is 13.5. The quantitative estimate of drug-likeness (QED) is 0.607. The van der Waals surface area contributed by atoms with Crippen molar-refractivity contribution in [2.45, 2.75) is 0 Å². The van der Waals surface area contributed by atoms with Gasteiger partial charge in [-0.3, -0.25) is 9.78 Å². The Morgan fingerprint density at radius 2 is 2.23 bits per heavy atom. The Labute approximate surface area is 145 Å². The van der Waals surface area contributed by atoms with E-state index in [2.05, 4.69) is 31.0 Å². The molecule has 26 heavy (non-hydrogen) atoms. The monoisotopic (exact) mass is 356 g/mol. The molecule has 0 aromatic carbocycles.